The first-order chi connectivity index (χ1) is 8.16. The van der Waals surface area contributed by atoms with Crippen LogP contribution in [0.15, 0.2) is 29.4 Å². The van der Waals surface area contributed by atoms with Crippen LogP contribution in [-0.2, 0) is 0 Å². The standard InChI is InChI=1S/C11H10FN3O2/c12-9-6-3-5-8(10(9)11(16)17)4-1-2-7-14-15-13/h1,3-6H,2,7H2,(H,16,17). The number of halogens is 1. The summed E-state index contributed by atoms with van der Waals surface area (Å²) in [7, 11) is 0. The maximum absolute atomic E-state index is 13.2. The third-order valence-electron chi connectivity index (χ3n) is 2.02. The van der Waals surface area contributed by atoms with Gasteiger partial charge in [-0.3, -0.25) is 0 Å². The molecule has 17 heavy (non-hydrogen) atoms. The predicted molar refractivity (Wildman–Crippen MR) is 61.0 cm³/mol. The minimum Gasteiger partial charge on any atom is -0.478 e. The lowest BCUT2D eigenvalue weighted by atomic mass is 10.1. The van der Waals surface area contributed by atoms with Gasteiger partial charge in [-0.1, -0.05) is 29.4 Å². The topological polar surface area (TPSA) is 86.1 Å². The summed E-state index contributed by atoms with van der Waals surface area (Å²) in [5.41, 5.74) is 7.98. The molecule has 0 spiro atoms. The van der Waals surface area contributed by atoms with Gasteiger partial charge >= 0.3 is 5.97 Å². The maximum atomic E-state index is 13.2. The van der Waals surface area contributed by atoms with Crippen molar-refractivity contribution in [1.29, 1.82) is 0 Å². The van der Waals surface area contributed by atoms with Gasteiger partial charge in [0, 0.05) is 11.5 Å². The Morgan fingerprint density at radius 2 is 2.35 bits per heavy atom. The molecule has 0 aliphatic rings. The molecule has 6 heteroatoms. The molecular formula is C11H10FN3O2. The molecule has 1 N–H and O–H groups in total. The normalized spacial score (nSPS) is 10.2. The van der Waals surface area contributed by atoms with E-state index in [1.54, 1.807) is 6.08 Å². The molecule has 88 valence electrons. The van der Waals surface area contributed by atoms with Crippen molar-refractivity contribution in [1.82, 2.24) is 0 Å². The number of carbonyl (C=O) groups is 1. The van der Waals surface area contributed by atoms with Crippen LogP contribution in [0.4, 0.5) is 4.39 Å². The van der Waals surface area contributed by atoms with Gasteiger partial charge in [-0.25, -0.2) is 9.18 Å². The molecule has 0 heterocycles. The van der Waals surface area contributed by atoms with Gasteiger partial charge in [0.25, 0.3) is 0 Å². The number of hydrogen-bond acceptors (Lipinski definition) is 2. The van der Waals surface area contributed by atoms with Crippen LogP contribution in [0.3, 0.4) is 0 Å². The van der Waals surface area contributed by atoms with E-state index in [9.17, 15) is 9.18 Å². The molecule has 1 rings (SSSR count). The fourth-order valence-corrected chi connectivity index (χ4v) is 1.29. The number of azide groups is 1. The van der Waals surface area contributed by atoms with E-state index in [0.717, 1.165) is 6.07 Å². The second-order valence-electron chi connectivity index (χ2n) is 3.15. The zero-order chi connectivity index (χ0) is 12.7. The minimum atomic E-state index is -1.31. The summed E-state index contributed by atoms with van der Waals surface area (Å²) in [6.45, 7) is 0.282. The lowest BCUT2D eigenvalue weighted by Gasteiger charge is -2.01. The number of aromatic carboxylic acids is 1. The number of carboxylic acids is 1. The Labute approximate surface area is 96.8 Å². The number of hydrogen-bond donors (Lipinski definition) is 1. The van der Waals surface area contributed by atoms with E-state index in [1.165, 1.54) is 18.2 Å². The SMILES string of the molecule is [N-]=[N+]=NCCC=Cc1cccc(F)c1C(=O)O. The Morgan fingerprint density at radius 3 is 3.00 bits per heavy atom. The summed E-state index contributed by atoms with van der Waals surface area (Å²) in [5.74, 6) is -2.08. The molecule has 0 radical (unpaired) electrons. The summed E-state index contributed by atoms with van der Waals surface area (Å²) in [6, 6.07) is 4.05. The van der Waals surface area contributed by atoms with Crippen LogP contribution in [0.25, 0.3) is 16.5 Å². The van der Waals surface area contributed by atoms with E-state index in [4.69, 9.17) is 10.6 Å². The Balaban J connectivity index is 2.87. The molecule has 0 aliphatic heterocycles. The second kappa shape index (κ2) is 6.30. The van der Waals surface area contributed by atoms with Gasteiger partial charge in [0.15, 0.2) is 0 Å². The third-order valence-corrected chi connectivity index (χ3v) is 2.02. The molecule has 0 unspecified atom stereocenters. The Kier molecular flexibility index (Phi) is 4.72. The van der Waals surface area contributed by atoms with Crippen molar-refractivity contribution >= 4 is 12.0 Å². The molecule has 0 amide bonds. The van der Waals surface area contributed by atoms with Gasteiger partial charge in [0.2, 0.25) is 0 Å². The molecule has 0 aromatic heterocycles. The fraction of sp³-hybridized carbons (Fsp3) is 0.182. The minimum absolute atomic E-state index is 0.282. The molecule has 1 aromatic rings. The lowest BCUT2D eigenvalue weighted by molar-refractivity contribution is 0.0691. The Morgan fingerprint density at radius 1 is 1.59 bits per heavy atom. The summed E-state index contributed by atoms with van der Waals surface area (Å²) >= 11 is 0. The average molecular weight is 235 g/mol. The van der Waals surface area contributed by atoms with E-state index in [-0.39, 0.29) is 12.1 Å². The Hall–Kier alpha value is -2.33. The van der Waals surface area contributed by atoms with Crippen molar-refractivity contribution in [2.75, 3.05) is 6.54 Å². The molecule has 0 fully saturated rings. The number of benzene rings is 1. The van der Waals surface area contributed by atoms with Gasteiger partial charge in [-0.15, -0.1) is 0 Å². The molecular weight excluding hydrogens is 225 g/mol. The largest absolute Gasteiger partial charge is 0.478 e. The van der Waals surface area contributed by atoms with Gasteiger partial charge in [0.05, 0.1) is 0 Å². The van der Waals surface area contributed by atoms with Gasteiger partial charge in [-0.2, -0.15) is 0 Å². The first-order valence-electron chi connectivity index (χ1n) is 4.86. The smallest absolute Gasteiger partial charge is 0.339 e. The van der Waals surface area contributed by atoms with Crippen LogP contribution in [0, 0.1) is 5.82 Å². The van der Waals surface area contributed by atoms with Crippen LogP contribution in [0.2, 0.25) is 0 Å². The van der Waals surface area contributed by atoms with E-state index in [1.807, 2.05) is 0 Å². The van der Waals surface area contributed by atoms with Crippen LogP contribution in [0.1, 0.15) is 22.3 Å². The zero-order valence-electron chi connectivity index (χ0n) is 8.88. The van der Waals surface area contributed by atoms with E-state index >= 15 is 0 Å². The van der Waals surface area contributed by atoms with Gasteiger partial charge in [0.1, 0.15) is 11.4 Å². The van der Waals surface area contributed by atoms with Crippen LogP contribution < -0.4 is 0 Å². The summed E-state index contributed by atoms with van der Waals surface area (Å²) < 4.78 is 13.2. The highest BCUT2D eigenvalue weighted by molar-refractivity contribution is 5.92. The molecule has 0 atom stereocenters. The van der Waals surface area contributed by atoms with Gasteiger partial charge in [-0.05, 0) is 23.6 Å². The van der Waals surface area contributed by atoms with Crippen molar-refractivity contribution < 1.29 is 14.3 Å². The molecule has 1 aromatic carbocycles. The molecule has 5 nitrogen and oxygen atoms in total. The molecule has 0 saturated carbocycles. The number of rotatable bonds is 5. The zero-order valence-corrected chi connectivity index (χ0v) is 8.88. The van der Waals surface area contributed by atoms with E-state index in [2.05, 4.69) is 10.0 Å². The quantitative estimate of drug-likeness (QED) is 0.367. The molecule has 0 aliphatic carbocycles. The third kappa shape index (κ3) is 3.62. The first kappa shape index (κ1) is 12.7. The molecule has 0 bridgehead atoms. The van der Waals surface area contributed by atoms with Crippen molar-refractivity contribution in [3.8, 4) is 0 Å². The van der Waals surface area contributed by atoms with Crippen LogP contribution in [0.5, 0.6) is 0 Å². The van der Waals surface area contributed by atoms with E-state index in [0.29, 0.717) is 12.0 Å². The number of nitrogens with zero attached hydrogens (tertiary/aromatic N) is 3. The highest BCUT2D eigenvalue weighted by Crippen LogP contribution is 2.15. The van der Waals surface area contributed by atoms with Crippen LogP contribution >= 0.6 is 0 Å². The number of carboxylic acid groups (broad SMARTS) is 1. The monoisotopic (exact) mass is 235 g/mol. The van der Waals surface area contributed by atoms with Crippen molar-refractivity contribution in [2.24, 2.45) is 5.11 Å². The lowest BCUT2D eigenvalue weighted by Crippen LogP contribution is -2.03. The van der Waals surface area contributed by atoms with Crippen molar-refractivity contribution in [3.63, 3.8) is 0 Å². The second-order valence-corrected chi connectivity index (χ2v) is 3.15. The van der Waals surface area contributed by atoms with Crippen molar-refractivity contribution in [2.45, 2.75) is 6.42 Å². The highest BCUT2D eigenvalue weighted by Gasteiger charge is 2.13. The van der Waals surface area contributed by atoms with E-state index < -0.39 is 11.8 Å². The summed E-state index contributed by atoms with van der Waals surface area (Å²) in [5, 5.41) is 12.2. The maximum Gasteiger partial charge on any atom is 0.339 e. The fourth-order valence-electron chi connectivity index (χ4n) is 1.29. The van der Waals surface area contributed by atoms with Gasteiger partial charge < -0.3 is 5.11 Å². The Bertz CT molecular complexity index is 493. The highest BCUT2D eigenvalue weighted by atomic mass is 19.1. The summed E-state index contributed by atoms with van der Waals surface area (Å²) in [4.78, 5) is 13.4. The predicted octanol–water partition coefficient (Wildman–Crippen LogP) is 3.24. The van der Waals surface area contributed by atoms with Crippen molar-refractivity contribution in [3.05, 3.63) is 51.7 Å². The van der Waals surface area contributed by atoms with Crippen LogP contribution in [-0.4, -0.2) is 17.6 Å². The average Bonchev–Trinajstić information content (AvgIpc) is 2.28. The summed E-state index contributed by atoms with van der Waals surface area (Å²) in [6.07, 6.45) is 3.61. The molecule has 0 saturated heterocycles. The first-order valence-corrected chi connectivity index (χ1v) is 4.86.